The van der Waals surface area contributed by atoms with Crippen LogP contribution in [0.4, 0.5) is 0 Å². The highest BCUT2D eigenvalue weighted by Crippen LogP contribution is 2.58. The number of aromatic nitrogens is 2. The predicted molar refractivity (Wildman–Crippen MR) is 277 cm³/mol. The number of benzene rings is 10. The molecule has 12 rings (SSSR count). The minimum Gasteiger partial charge on any atom is -0.228 e. The van der Waals surface area contributed by atoms with Gasteiger partial charge in [0.1, 0.15) is 0 Å². The third kappa shape index (κ3) is 7.17. The van der Waals surface area contributed by atoms with Crippen molar-refractivity contribution in [1.29, 1.82) is 0 Å². The summed E-state index contributed by atoms with van der Waals surface area (Å²) in [4.78, 5) is 10.2. The Balaban J connectivity index is 1.04. The summed E-state index contributed by atoms with van der Waals surface area (Å²) in [5, 5.41) is 0. The summed E-state index contributed by atoms with van der Waals surface area (Å²) in [5.41, 5.74) is 21.3. The summed E-state index contributed by atoms with van der Waals surface area (Å²) < 4.78 is 0. The molecule has 0 fully saturated rings. The number of hydrogen-bond acceptors (Lipinski definition) is 2. The smallest absolute Gasteiger partial charge is 0.160 e. The van der Waals surface area contributed by atoms with Crippen LogP contribution in [-0.4, -0.2) is 9.97 Å². The van der Waals surface area contributed by atoms with E-state index in [4.69, 9.17) is 9.97 Å². The van der Waals surface area contributed by atoms with Crippen LogP contribution in [0, 0.1) is 0 Å². The zero-order valence-corrected chi connectivity index (χ0v) is 36.8. The third-order valence-electron chi connectivity index (χ3n) is 13.4. The molecule has 0 atom stereocenters. The van der Waals surface area contributed by atoms with E-state index in [0.29, 0.717) is 5.82 Å². The van der Waals surface area contributed by atoms with Gasteiger partial charge in [-0.15, -0.1) is 0 Å². The molecule has 0 radical (unpaired) electrons. The van der Waals surface area contributed by atoms with Crippen molar-refractivity contribution in [2.24, 2.45) is 0 Å². The van der Waals surface area contributed by atoms with Gasteiger partial charge in [0.15, 0.2) is 5.82 Å². The average Bonchev–Trinajstić information content (AvgIpc) is 3.72. The van der Waals surface area contributed by atoms with Gasteiger partial charge in [-0.05, 0) is 108 Å². The third-order valence-corrected chi connectivity index (χ3v) is 13.4. The Bertz CT molecular complexity index is 3430. The number of fused-ring (bicyclic) bond motifs is 3. The molecule has 0 spiro atoms. The van der Waals surface area contributed by atoms with E-state index in [-0.39, 0.29) is 0 Å². The van der Waals surface area contributed by atoms with Gasteiger partial charge in [0.2, 0.25) is 0 Å². The zero-order chi connectivity index (χ0) is 44.6. The van der Waals surface area contributed by atoms with Crippen molar-refractivity contribution in [3.05, 3.63) is 289 Å². The number of rotatable bonds is 9. The average molecular weight is 853 g/mol. The van der Waals surface area contributed by atoms with Gasteiger partial charge in [-0.3, -0.25) is 0 Å². The number of nitrogens with zero attached hydrogens (tertiary/aromatic N) is 2. The summed E-state index contributed by atoms with van der Waals surface area (Å²) in [7, 11) is 0. The van der Waals surface area contributed by atoms with Crippen LogP contribution in [0.3, 0.4) is 0 Å². The first-order valence-corrected chi connectivity index (χ1v) is 23.0. The van der Waals surface area contributed by atoms with Crippen molar-refractivity contribution in [3.8, 4) is 89.5 Å². The maximum absolute atomic E-state index is 5.17. The molecule has 0 N–H and O–H groups in total. The SMILES string of the molecule is c1ccc(-c2ccc(-c3cc4c(cc3-c3cccc(-c5cccc(-c6cc(-c7ccccc7)nc(-c7ccccc7)n6)c5)c3)C(c3ccccc3)(c3ccccc3)c3ccccc3-4)cc2)cc1. The molecular formula is C65H44N2. The maximum Gasteiger partial charge on any atom is 0.160 e. The second kappa shape index (κ2) is 17.0. The van der Waals surface area contributed by atoms with Crippen molar-refractivity contribution in [2.75, 3.05) is 0 Å². The minimum absolute atomic E-state index is 0.528. The molecular weight excluding hydrogens is 809 g/mol. The van der Waals surface area contributed by atoms with Crippen molar-refractivity contribution in [2.45, 2.75) is 5.41 Å². The second-order valence-electron chi connectivity index (χ2n) is 17.3. The molecule has 2 heteroatoms. The summed E-state index contributed by atoms with van der Waals surface area (Å²) in [5.74, 6) is 0.703. The van der Waals surface area contributed by atoms with Crippen LogP contribution >= 0.6 is 0 Å². The molecule has 1 aliphatic rings. The molecule has 0 unspecified atom stereocenters. The Morgan fingerprint density at radius 1 is 0.224 bits per heavy atom. The fourth-order valence-electron chi connectivity index (χ4n) is 10.2. The van der Waals surface area contributed by atoms with E-state index in [2.05, 4.69) is 243 Å². The van der Waals surface area contributed by atoms with Gasteiger partial charge >= 0.3 is 0 Å². The Morgan fingerprint density at radius 3 is 1.28 bits per heavy atom. The highest BCUT2D eigenvalue weighted by Gasteiger charge is 2.46. The quantitative estimate of drug-likeness (QED) is 0.145. The summed E-state index contributed by atoms with van der Waals surface area (Å²) in [6.07, 6.45) is 0. The lowest BCUT2D eigenvalue weighted by Gasteiger charge is -2.34. The lowest BCUT2D eigenvalue weighted by Crippen LogP contribution is -2.28. The Kier molecular flexibility index (Phi) is 10.1. The molecule has 67 heavy (non-hydrogen) atoms. The van der Waals surface area contributed by atoms with Gasteiger partial charge in [-0.25, -0.2) is 9.97 Å². The molecule has 10 aromatic carbocycles. The fourth-order valence-corrected chi connectivity index (χ4v) is 10.2. The van der Waals surface area contributed by atoms with E-state index in [0.717, 1.165) is 44.8 Å². The molecule has 0 bridgehead atoms. The normalized spacial score (nSPS) is 12.3. The van der Waals surface area contributed by atoms with Gasteiger partial charge < -0.3 is 0 Å². The second-order valence-corrected chi connectivity index (χ2v) is 17.3. The number of hydrogen-bond donors (Lipinski definition) is 0. The molecule has 1 aliphatic carbocycles. The van der Waals surface area contributed by atoms with Crippen LogP contribution in [0.2, 0.25) is 0 Å². The minimum atomic E-state index is -0.528. The molecule has 314 valence electrons. The van der Waals surface area contributed by atoms with Crippen molar-refractivity contribution < 1.29 is 0 Å². The molecule has 1 heterocycles. The molecule has 0 amide bonds. The lowest BCUT2D eigenvalue weighted by molar-refractivity contribution is 0.769. The predicted octanol–water partition coefficient (Wildman–Crippen LogP) is 16.5. The first-order valence-electron chi connectivity index (χ1n) is 23.0. The largest absolute Gasteiger partial charge is 0.228 e. The molecule has 0 aliphatic heterocycles. The van der Waals surface area contributed by atoms with Crippen LogP contribution in [-0.2, 0) is 5.41 Å². The van der Waals surface area contributed by atoms with Crippen LogP contribution in [0.15, 0.2) is 267 Å². The summed E-state index contributed by atoms with van der Waals surface area (Å²) in [6.45, 7) is 0. The zero-order valence-electron chi connectivity index (χ0n) is 36.8. The first kappa shape index (κ1) is 39.8. The monoisotopic (exact) mass is 852 g/mol. The van der Waals surface area contributed by atoms with E-state index in [9.17, 15) is 0 Å². The topological polar surface area (TPSA) is 25.8 Å². The Morgan fingerprint density at radius 2 is 0.657 bits per heavy atom. The van der Waals surface area contributed by atoms with Crippen molar-refractivity contribution in [3.63, 3.8) is 0 Å². The molecule has 0 saturated heterocycles. The lowest BCUT2D eigenvalue weighted by atomic mass is 9.67. The molecule has 2 nitrogen and oxygen atoms in total. The van der Waals surface area contributed by atoms with Gasteiger partial charge in [0.05, 0.1) is 16.8 Å². The highest BCUT2D eigenvalue weighted by atomic mass is 14.9. The van der Waals surface area contributed by atoms with Gasteiger partial charge in [-0.1, -0.05) is 237 Å². The van der Waals surface area contributed by atoms with Gasteiger partial charge in [0, 0.05) is 16.7 Å². The van der Waals surface area contributed by atoms with E-state index in [1.54, 1.807) is 0 Å². The Hall–Kier alpha value is -8.72. The highest BCUT2D eigenvalue weighted by molar-refractivity contribution is 5.96. The standard InChI is InChI=1S/C65H44N2/c1-6-20-45(21-7-1)46-36-38-47(39-37-46)57-42-59-56-34-16-17-35-60(56)65(54-30-12-4-13-31-54,55-32-14-5-15-33-55)61(59)43-58(57)52-28-18-26-50(40-52)51-27-19-29-53(41-51)63-44-62(48-22-8-2-9-23-48)66-64(67-63)49-24-10-3-11-25-49/h1-44H. The molecule has 1 aromatic heterocycles. The summed E-state index contributed by atoms with van der Waals surface area (Å²) in [6, 6.07) is 96.4. The first-order chi connectivity index (χ1) is 33.2. The van der Waals surface area contributed by atoms with E-state index in [1.807, 2.05) is 24.3 Å². The van der Waals surface area contributed by atoms with Crippen molar-refractivity contribution >= 4 is 0 Å². The molecule has 0 saturated carbocycles. The van der Waals surface area contributed by atoms with E-state index in [1.165, 1.54) is 61.2 Å². The molecule has 11 aromatic rings. The van der Waals surface area contributed by atoms with Crippen LogP contribution < -0.4 is 0 Å². The van der Waals surface area contributed by atoms with Crippen molar-refractivity contribution in [1.82, 2.24) is 9.97 Å². The van der Waals surface area contributed by atoms with Crippen LogP contribution in [0.1, 0.15) is 22.3 Å². The van der Waals surface area contributed by atoms with Crippen LogP contribution in [0.5, 0.6) is 0 Å². The Labute approximate surface area is 392 Å². The van der Waals surface area contributed by atoms with E-state index >= 15 is 0 Å². The summed E-state index contributed by atoms with van der Waals surface area (Å²) >= 11 is 0. The fraction of sp³-hybridized carbons (Fsp3) is 0.0154. The van der Waals surface area contributed by atoms with Gasteiger partial charge in [-0.2, -0.15) is 0 Å². The van der Waals surface area contributed by atoms with E-state index < -0.39 is 5.41 Å². The van der Waals surface area contributed by atoms with Crippen LogP contribution in [0.25, 0.3) is 89.5 Å². The maximum atomic E-state index is 5.17. The van der Waals surface area contributed by atoms with Gasteiger partial charge in [0.25, 0.3) is 0 Å².